The van der Waals surface area contributed by atoms with Crippen LogP contribution in [0.4, 0.5) is 0 Å². The average Bonchev–Trinajstić information content (AvgIpc) is 2.83. The number of benzene rings is 3. The zero-order valence-corrected chi connectivity index (χ0v) is 16.8. The van der Waals surface area contributed by atoms with E-state index < -0.39 is 0 Å². The van der Waals surface area contributed by atoms with E-state index in [1.807, 2.05) is 60.7 Å². The largest absolute Gasteiger partial charge is 0.493 e. The quantitative estimate of drug-likeness (QED) is 0.229. The van der Waals surface area contributed by atoms with Gasteiger partial charge in [-0.3, -0.25) is 4.79 Å². The van der Waals surface area contributed by atoms with Crippen molar-refractivity contribution in [2.45, 2.75) is 13.0 Å². The third-order valence-electron chi connectivity index (χ3n) is 4.98. The Balaban J connectivity index is 1.25. The van der Waals surface area contributed by atoms with Gasteiger partial charge in [-0.2, -0.15) is 0 Å². The van der Waals surface area contributed by atoms with Gasteiger partial charge in [0.05, 0.1) is 6.61 Å². The zero-order valence-electron chi connectivity index (χ0n) is 16.8. The average molecular weight is 394 g/mol. The van der Waals surface area contributed by atoms with E-state index >= 15 is 0 Å². The van der Waals surface area contributed by atoms with Crippen LogP contribution < -0.4 is 9.30 Å². The van der Waals surface area contributed by atoms with E-state index in [0.29, 0.717) is 17.7 Å². The van der Waals surface area contributed by atoms with E-state index in [1.54, 1.807) is 0 Å². The van der Waals surface area contributed by atoms with Crippen LogP contribution in [-0.4, -0.2) is 12.4 Å². The molecule has 0 aliphatic carbocycles. The Bertz CT molecular complexity index is 1070. The van der Waals surface area contributed by atoms with E-state index in [4.69, 9.17) is 4.74 Å². The van der Waals surface area contributed by atoms with Crippen LogP contribution in [0.2, 0.25) is 0 Å². The number of carbonyl (C=O) groups excluding carboxylic acids is 1. The molecule has 0 radical (unpaired) electrons. The lowest BCUT2D eigenvalue weighted by Crippen LogP contribution is -2.33. The van der Waals surface area contributed by atoms with Gasteiger partial charge in [0, 0.05) is 29.7 Å². The third-order valence-corrected chi connectivity index (χ3v) is 4.98. The molecule has 0 atom stereocenters. The predicted octanol–water partition coefficient (Wildman–Crippen LogP) is 5.34. The summed E-state index contributed by atoms with van der Waals surface area (Å²) in [5.74, 6) is 0.807. The molecule has 0 bridgehead atoms. The molecule has 3 aromatic carbocycles. The monoisotopic (exact) mass is 394 g/mol. The first kappa shape index (κ1) is 19.6. The van der Waals surface area contributed by atoms with Crippen LogP contribution in [0, 0.1) is 0 Å². The summed E-state index contributed by atoms with van der Waals surface area (Å²) >= 11 is 0. The van der Waals surface area contributed by atoms with Crippen molar-refractivity contribution >= 4 is 5.78 Å². The number of carbonyl (C=O) groups is 1. The van der Waals surface area contributed by atoms with Crippen molar-refractivity contribution in [3.05, 3.63) is 121 Å². The molecule has 0 amide bonds. The van der Waals surface area contributed by atoms with E-state index in [9.17, 15) is 4.79 Å². The Morgan fingerprint density at radius 2 is 1.23 bits per heavy atom. The van der Waals surface area contributed by atoms with Crippen molar-refractivity contribution in [2.24, 2.45) is 0 Å². The molecule has 30 heavy (non-hydrogen) atoms. The number of pyridine rings is 1. The molecule has 148 valence electrons. The second kappa shape index (κ2) is 9.66. The molecule has 0 aliphatic heterocycles. The standard InChI is InChI=1S/C27H24NO2/c29-27(24-10-5-2-6-11-24)25-12-14-26(15-13-25)30-21-7-18-28-19-16-23(17-20-28)22-8-3-1-4-9-22/h1-6,8-17,19-20H,7,18,21H2/q+1. The second-order valence-electron chi connectivity index (χ2n) is 7.11. The summed E-state index contributed by atoms with van der Waals surface area (Å²) in [7, 11) is 0. The minimum Gasteiger partial charge on any atom is -0.493 e. The van der Waals surface area contributed by atoms with Crippen molar-refractivity contribution in [3.8, 4) is 16.9 Å². The Labute approximate surface area is 177 Å². The first-order valence-electron chi connectivity index (χ1n) is 10.2. The summed E-state index contributed by atoms with van der Waals surface area (Å²) in [6.07, 6.45) is 5.11. The molecule has 0 aliphatic rings. The molecule has 3 heteroatoms. The summed E-state index contributed by atoms with van der Waals surface area (Å²) in [6, 6.07) is 31.3. The second-order valence-corrected chi connectivity index (χ2v) is 7.11. The van der Waals surface area contributed by atoms with E-state index in [1.165, 1.54) is 11.1 Å². The Hall–Kier alpha value is -3.72. The molecular formula is C27H24NO2+. The van der Waals surface area contributed by atoms with E-state index in [2.05, 4.69) is 53.4 Å². The van der Waals surface area contributed by atoms with Crippen LogP contribution in [0.1, 0.15) is 22.3 Å². The van der Waals surface area contributed by atoms with Crippen molar-refractivity contribution in [3.63, 3.8) is 0 Å². The van der Waals surface area contributed by atoms with Gasteiger partial charge in [0.25, 0.3) is 0 Å². The van der Waals surface area contributed by atoms with Gasteiger partial charge in [-0.15, -0.1) is 0 Å². The number of ketones is 1. The number of rotatable bonds is 8. The number of hydrogen-bond donors (Lipinski definition) is 0. The molecule has 1 aromatic heterocycles. The highest BCUT2D eigenvalue weighted by Crippen LogP contribution is 2.17. The molecule has 0 unspecified atom stereocenters. The molecule has 0 saturated carbocycles. The summed E-state index contributed by atoms with van der Waals surface area (Å²) in [4.78, 5) is 12.4. The maximum atomic E-state index is 12.4. The first-order chi connectivity index (χ1) is 14.8. The Kier molecular flexibility index (Phi) is 6.31. The number of hydrogen-bond acceptors (Lipinski definition) is 2. The fourth-order valence-corrected chi connectivity index (χ4v) is 3.33. The molecule has 0 N–H and O–H groups in total. The molecular weight excluding hydrogens is 370 g/mol. The fourth-order valence-electron chi connectivity index (χ4n) is 3.33. The van der Waals surface area contributed by atoms with E-state index in [-0.39, 0.29) is 5.78 Å². The molecule has 0 saturated heterocycles. The number of nitrogens with zero attached hydrogens (tertiary/aromatic N) is 1. The van der Waals surface area contributed by atoms with Crippen molar-refractivity contribution in [2.75, 3.05) is 6.61 Å². The normalized spacial score (nSPS) is 10.5. The van der Waals surface area contributed by atoms with Gasteiger partial charge in [0.15, 0.2) is 24.7 Å². The van der Waals surface area contributed by atoms with Gasteiger partial charge < -0.3 is 4.74 Å². The third kappa shape index (κ3) is 5.00. The van der Waals surface area contributed by atoms with Gasteiger partial charge in [-0.05, 0) is 35.4 Å². The Morgan fingerprint density at radius 3 is 1.90 bits per heavy atom. The lowest BCUT2D eigenvalue weighted by atomic mass is 10.0. The van der Waals surface area contributed by atoms with Crippen LogP contribution in [0.5, 0.6) is 5.75 Å². The number of ether oxygens (including phenoxy) is 1. The van der Waals surface area contributed by atoms with Crippen LogP contribution >= 0.6 is 0 Å². The van der Waals surface area contributed by atoms with Crippen LogP contribution in [0.3, 0.4) is 0 Å². The van der Waals surface area contributed by atoms with Crippen LogP contribution in [0.15, 0.2) is 109 Å². The Morgan fingerprint density at radius 1 is 0.667 bits per heavy atom. The molecule has 3 nitrogen and oxygen atoms in total. The van der Waals surface area contributed by atoms with Crippen molar-refractivity contribution in [1.82, 2.24) is 0 Å². The molecule has 0 fully saturated rings. The van der Waals surface area contributed by atoms with Gasteiger partial charge >= 0.3 is 0 Å². The minimum absolute atomic E-state index is 0.0255. The highest BCUT2D eigenvalue weighted by Gasteiger charge is 2.08. The van der Waals surface area contributed by atoms with Crippen molar-refractivity contribution < 1.29 is 14.1 Å². The zero-order chi connectivity index (χ0) is 20.6. The summed E-state index contributed by atoms with van der Waals surface area (Å²) in [6.45, 7) is 1.51. The van der Waals surface area contributed by atoms with E-state index in [0.717, 1.165) is 18.7 Å². The highest BCUT2D eigenvalue weighted by atomic mass is 16.5. The summed E-state index contributed by atoms with van der Waals surface area (Å²) in [5, 5.41) is 0. The van der Waals surface area contributed by atoms with Crippen LogP contribution in [0.25, 0.3) is 11.1 Å². The first-order valence-corrected chi connectivity index (χ1v) is 10.2. The molecule has 0 spiro atoms. The lowest BCUT2D eigenvalue weighted by molar-refractivity contribution is -0.697. The van der Waals surface area contributed by atoms with Gasteiger partial charge in [0.2, 0.25) is 0 Å². The van der Waals surface area contributed by atoms with Crippen molar-refractivity contribution in [1.29, 1.82) is 0 Å². The van der Waals surface area contributed by atoms with Crippen LogP contribution in [-0.2, 0) is 6.54 Å². The lowest BCUT2D eigenvalue weighted by Gasteiger charge is -2.06. The predicted molar refractivity (Wildman–Crippen MR) is 119 cm³/mol. The smallest absolute Gasteiger partial charge is 0.193 e. The topological polar surface area (TPSA) is 30.2 Å². The summed E-state index contributed by atoms with van der Waals surface area (Å²) in [5.41, 5.74) is 3.81. The minimum atomic E-state index is 0.0255. The van der Waals surface area contributed by atoms with Gasteiger partial charge in [-0.25, -0.2) is 4.57 Å². The number of aryl methyl sites for hydroxylation is 1. The number of aromatic nitrogens is 1. The molecule has 1 heterocycles. The maximum Gasteiger partial charge on any atom is 0.193 e. The summed E-state index contributed by atoms with van der Waals surface area (Å²) < 4.78 is 8.00. The van der Waals surface area contributed by atoms with Gasteiger partial charge in [-0.1, -0.05) is 60.7 Å². The molecule has 4 rings (SSSR count). The maximum absolute atomic E-state index is 12.4. The SMILES string of the molecule is O=C(c1ccccc1)c1ccc(OCCC[n+]2ccc(-c3ccccc3)cc2)cc1. The molecule has 4 aromatic rings. The highest BCUT2D eigenvalue weighted by molar-refractivity contribution is 6.08. The van der Waals surface area contributed by atoms with Gasteiger partial charge in [0.1, 0.15) is 5.75 Å². The fraction of sp³-hybridized carbons (Fsp3) is 0.111.